The maximum atomic E-state index is 12.3. The third-order valence-electron chi connectivity index (χ3n) is 5.17. The van der Waals surface area contributed by atoms with Gasteiger partial charge in [0.2, 0.25) is 0 Å². The topological polar surface area (TPSA) is 79.9 Å². The number of ether oxygens (including phenoxy) is 1. The zero-order chi connectivity index (χ0) is 18.1. The molecule has 2 aliphatic rings. The Morgan fingerprint density at radius 2 is 2.15 bits per heavy atom. The number of fused-ring (bicyclic) bond motifs is 1. The third kappa shape index (κ3) is 2.99. The number of carbonyl (C=O) groups is 1. The largest absolute Gasteiger partial charge is 0.381 e. The van der Waals surface area contributed by atoms with Crippen LogP contribution in [-0.4, -0.2) is 34.6 Å². The summed E-state index contributed by atoms with van der Waals surface area (Å²) in [6, 6.07) is 8.31. The Labute approximate surface area is 152 Å². The van der Waals surface area contributed by atoms with E-state index in [9.17, 15) is 10.1 Å². The summed E-state index contributed by atoms with van der Waals surface area (Å²) in [7, 11) is 0. The highest BCUT2D eigenvalue weighted by Gasteiger charge is 2.25. The molecule has 1 N–H and O–H groups in total. The molecule has 2 aromatic rings. The van der Waals surface area contributed by atoms with Crippen molar-refractivity contribution in [3.05, 3.63) is 35.2 Å². The van der Waals surface area contributed by atoms with Crippen molar-refractivity contribution in [2.24, 2.45) is 0 Å². The standard InChI is InChI=1S/C20H22N4O2/c1-13-19-18(25)3-2-8-24(19)20(22-13)14-4-5-15(12-21)17(11-14)23-16-6-9-26-10-7-16/h4-5,11,16,23H,2-3,6-10H2,1H3. The zero-order valence-corrected chi connectivity index (χ0v) is 14.9. The molecule has 0 spiro atoms. The second-order valence-electron chi connectivity index (χ2n) is 6.95. The average Bonchev–Trinajstić information content (AvgIpc) is 3.00. The summed E-state index contributed by atoms with van der Waals surface area (Å²) in [5.74, 6) is 0.978. The maximum absolute atomic E-state index is 12.3. The number of hydrogen-bond acceptors (Lipinski definition) is 5. The molecule has 0 bridgehead atoms. The summed E-state index contributed by atoms with van der Waals surface area (Å²) in [6.45, 7) is 4.19. The fourth-order valence-corrected chi connectivity index (χ4v) is 3.84. The minimum absolute atomic E-state index is 0.168. The highest BCUT2D eigenvalue weighted by Crippen LogP contribution is 2.30. The fraction of sp³-hybridized carbons (Fsp3) is 0.450. The Morgan fingerprint density at radius 3 is 2.92 bits per heavy atom. The first-order chi connectivity index (χ1) is 12.7. The van der Waals surface area contributed by atoms with Crippen molar-refractivity contribution in [3.8, 4) is 17.5 Å². The molecule has 0 aliphatic carbocycles. The number of benzene rings is 1. The lowest BCUT2D eigenvalue weighted by Gasteiger charge is -2.25. The summed E-state index contributed by atoms with van der Waals surface area (Å²) < 4.78 is 7.44. The number of anilines is 1. The summed E-state index contributed by atoms with van der Waals surface area (Å²) in [6.07, 6.45) is 3.30. The highest BCUT2D eigenvalue weighted by molar-refractivity contribution is 5.97. The zero-order valence-electron chi connectivity index (χ0n) is 14.9. The minimum atomic E-state index is 0.168. The molecule has 6 nitrogen and oxygen atoms in total. The molecule has 0 amide bonds. The Kier molecular flexibility index (Phi) is 4.48. The molecule has 0 unspecified atom stereocenters. The van der Waals surface area contributed by atoms with Crippen LogP contribution >= 0.6 is 0 Å². The number of nitrogens with one attached hydrogen (secondary N) is 1. The number of nitrogens with zero attached hydrogens (tertiary/aromatic N) is 3. The molecule has 4 rings (SSSR count). The van der Waals surface area contributed by atoms with Crippen LogP contribution in [0.15, 0.2) is 18.2 Å². The second kappa shape index (κ2) is 6.93. The van der Waals surface area contributed by atoms with Gasteiger partial charge in [0.05, 0.1) is 16.9 Å². The van der Waals surface area contributed by atoms with Crippen LogP contribution in [0, 0.1) is 18.3 Å². The predicted octanol–water partition coefficient (Wildman–Crippen LogP) is 3.30. The molecule has 3 heterocycles. The van der Waals surface area contributed by atoms with E-state index in [2.05, 4.69) is 16.4 Å². The molecule has 1 aromatic heterocycles. The number of carbonyl (C=O) groups excluding carboxylic acids is 1. The monoisotopic (exact) mass is 350 g/mol. The van der Waals surface area contributed by atoms with Crippen LogP contribution in [0.25, 0.3) is 11.4 Å². The first kappa shape index (κ1) is 16.8. The number of ketones is 1. The van der Waals surface area contributed by atoms with Crippen molar-refractivity contribution < 1.29 is 9.53 Å². The Morgan fingerprint density at radius 1 is 1.35 bits per heavy atom. The van der Waals surface area contributed by atoms with Crippen LogP contribution in [-0.2, 0) is 11.3 Å². The molecule has 0 atom stereocenters. The molecular formula is C20H22N4O2. The summed E-state index contributed by atoms with van der Waals surface area (Å²) in [4.78, 5) is 16.9. The van der Waals surface area contributed by atoms with E-state index in [0.717, 1.165) is 67.5 Å². The van der Waals surface area contributed by atoms with E-state index < -0.39 is 0 Å². The number of Topliss-reactive ketones (excluding diaryl/α,β-unsaturated/α-hetero) is 1. The number of imidazole rings is 1. The predicted molar refractivity (Wildman–Crippen MR) is 98.1 cm³/mol. The van der Waals surface area contributed by atoms with E-state index in [1.165, 1.54) is 0 Å². The number of nitriles is 1. The maximum Gasteiger partial charge on any atom is 0.181 e. The second-order valence-corrected chi connectivity index (χ2v) is 6.95. The molecule has 1 saturated heterocycles. The molecule has 1 aromatic carbocycles. The number of rotatable bonds is 3. The fourth-order valence-electron chi connectivity index (χ4n) is 3.84. The van der Waals surface area contributed by atoms with E-state index >= 15 is 0 Å². The van der Waals surface area contributed by atoms with Gasteiger partial charge in [0, 0.05) is 37.8 Å². The minimum Gasteiger partial charge on any atom is -0.381 e. The number of aromatic nitrogens is 2. The van der Waals surface area contributed by atoms with Crippen LogP contribution in [0.5, 0.6) is 0 Å². The first-order valence-corrected chi connectivity index (χ1v) is 9.16. The van der Waals surface area contributed by atoms with E-state index in [1.54, 1.807) is 0 Å². The number of hydrogen-bond donors (Lipinski definition) is 1. The molecule has 26 heavy (non-hydrogen) atoms. The first-order valence-electron chi connectivity index (χ1n) is 9.16. The molecule has 1 fully saturated rings. The van der Waals surface area contributed by atoms with Gasteiger partial charge in [0.25, 0.3) is 0 Å². The van der Waals surface area contributed by atoms with Crippen LogP contribution in [0.1, 0.15) is 47.4 Å². The highest BCUT2D eigenvalue weighted by atomic mass is 16.5. The SMILES string of the molecule is Cc1nc(-c2ccc(C#N)c(NC3CCOCC3)c2)n2c1C(=O)CCC2. The van der Waals surface area contributed by atoms with Gasteiger partial charge in [0.1, 0.15) is 17.6 Å². The Hall–Kier alpha value is -2.65. The molecule has 2 aliphatic heterocycles. The van der Waals surface area contributed by atoms with Crippen LogP contribution in [0.3, 0.4) is 0 Å². The van der Waals surface area contributed by atoms with Gasteiger partial charge in [0.15, 0.2) is 5.78 Å². The van der Waals surface area contributed by atoms with Gasteiger partial charge < -0.3 is 14.6 Å². The lowest BCUT2D eigenvalue weighted by Crippen LogP contribution is -2.28. The summed E-state index contributed by atoms with van der Waals surface area (Å²) in [5.41, 5.74) is 3.90. The van der Waals surface area contributed by atoms with Crippen molar-refractivity contribution in [2.75, 3.05) is 18.5 Å². The van der Waals surface area contributed by atoms with E-state index in [0.29, 0.717) is 18.0 Å². The van der Waals surface area contributed by atoms with Crippen LogP contribution < -0.4 is 5.32 Å². The van der Waals surface area contributed by atoms with Gasteiger partial charge in [-0.25, -0.2) is 4.98 Å². The molecule has 0 radical (unpaired) electrons. The average molecular weight is 350 g/mol. The lowest BCUT2D eigenvalue weighted by molar-refractivity contribution is 0.0904. The van der Waals surface area contributed by atoms with Crippen molar-refractivity contribution in [1.82, 2.24) is 9.55 Å². The Balaban J connectivity index is 1.72. The van der Waals surface area contributed by atoms with Crippen molar-refractivity contribution in [1.29, 1.82) is 5.26 Å². The molecule has 0 saturated carbocycles. The number of aryl methyl sites for hydroxylation is 1. The van der Waals surface area contributed by atoms with Crippen LogP contribution in [0.2, 0.25) is 0 Å². The van der Waals surface area contributed by atoms with Gasteiger partial charge in [-0.05, 0) is 44.4 Å². The van der Waals surface area contributed by atoms with Gasteiger partial charge >= 0.3 is 0 Å². The van der Waals surface area contributed by atoms with E-state index in [4.69, 9.17) is 4.74 Å². The van der Waals surface area contributed by atoms with Gasteiger partial charge in [-0.3, -0.25) is 4.79 Å². The van der Waals surface area contributed by atoms with Gasteiger partial charge in [-0.15, -0.1) is 0 Å². The smallest absolute Gasteiger partial charge is 0.181 e. The van der Waals surface area contributed by atoms with Gasteiger partial charge in [-0.2, -0.15) is 5.26 Å². The molecule has 134 valence electrons. The van der Waals surface area contributed by atoms with Crippen molar-refractivity contribution in [2.45, 2.75) is 45.2 Å². The van der Waals surface area contributed by atoms with E-state index in [1.807, 2.05) is 29.7 Å². The molecule has 6 heteroatoms. The third-order valence-corrected chi connectivity index (χ3v) is 5.17. The molecular weight excluding hydrogens is 328 g/mol. The van der Waals surface area contributed by atoms with Crippen molar-refractivity contribution in [3.63, 3.8) is 0 Å². The van der Waals surface area contributed by atoms with Gasteiger partial charge in [-0.1, -0.05) is 0 Å². The van der Waals surface area contributed by atoms with Crippen molar-refractivity contribution >= 4 is 11.5 Å². The summed E-state index contributed by atoms with van der Waals surface area (Å²) >= 11 is 0. The lowest BCUT2D eigenvalue weighted by atomic mass is 10.0. The quantitative estimate of drug-likeness (QED) is 0.919. The Bertz CT molecular complexity index is 888. The normalized spacial score (nSPS) is 17.6. The van der Waals surface area contributed by atoms with E-state index in [-0.39, 0.29) is 5.78 Å². The van der Waals surface area contributed by atoms with Crippen LogP contribution in [0.4, 0.5) is 5.69 Å². The summed E-state index contributed by atoms with van der Waals surface area (Å²) in [5, 5.41) is 13.0.